The predicted octanol–water partition coefficient (Wildman–Crippen LogP) is 2.97. The molecule has 0 aromatic heterocycles. The fourth-order valence-corrected chi connectivity index (χ4v) is 6.36. The van der Waals surface area contributed by atoms with E-state index < -0.39 is 21.5 Å². The summed E-state index contributed by atoms with van der Waals surface area (Å²) in [5, 5.41) is 2.96. The van der Waals surface area contributed by atoms with Crippen LogP contribution in [0.5, 0.6) is 0 Å². The smallest absolute Gasteiger partial charge is 0.243 e. The van der Waals surface area contributed by atoms with Crippen LogP contribution in [0.25, 0.3) is 0 Å². The number of rotatable bonds is 5. The number of nitrogens with zero attached hydrogens (tertiary/aromatic N) is 2. The van der Waals surface area contributed by atoms with Crippen LogP contribution in [0.4, 0.5) is 5.69 Å². The number of likely N-dealkylation sites (N-methyl/N-ethyl adjacent to an activating group) is 1. The van der Waals surface area contributed by atoms with Gasteiger partial charge in [-0.2, -0.15) is 4.31 Å². The number of carbonyl (C=O) groups excluding carboxylic acids is 2. The molecule has 0 radical (unpaired) electrons. The number of benzene rings is 2. The molecule has 32 heavy (non-hydrogen) atoms. The second-order valence-electron chi connectivity index (χ2n) is 9.08. The fourth-order valence-electron chi connectivity index (χ4n) is 4.67. The highest BCUT2D eigenvalue weighted by atomic mass is 32.2. The Bertz CT molecular complexity index is 1160. The van der Waals surface area contributed by atoms with Gasteiger partial charge in [0, 0.05) is 19.3 Å². The lowest BCUT2D eigenvalue weighted by molar-refractivity contribution is -0.125. The molecular weight excluding hydrogens is 426 g/mol. The van der Waals surface area contributed by atoms with E-state index in [0.717, 1.165) is 5.56 Å². The molecule has 2 unspecified atom stereocenters. The van der Waals surface area contributed by atoms with Crippen molar-refractivity contribution >= 4 is 27.5 Å². The zero-order chi connectivity index (χ0) is 23.3. The second-order valence-corrected chi connectivity index (χ2v) is 11.0. The van der Waals surface area contributed by atoms with Crippen LogP contribution >= 0.6 is 0 Å². The van der Waals surface area contributed by atoms with E-state index in [4.69, 9.17) is 0 Å². The molecule has 2 atom stereocenters. The van der Waals surface area contributed by atoms with Gasteiger partial charge in [-0.25, -0.2) is 8.42 Å². The molecule has 0 saturated carbocycles. The summed E-state index contributed by atoms with van der Waals surface area (Å²) < 4.78 is 28.4. The van der Waals surface area contributed by atoms with E-state index in [1.54, 1.807) is 37.9 Å². The Morgan fingerprint density at radius 1 is 1.16 bits per heavy atom. The van der Waals surface area contributed by atoms with Gasteiger partial charge >= 0.3 is 0 Å². The number of amides is 2. The summed E-state index contributed by atoms with van der Waals surface area (Å²) >= 11 is 0. The molecule has 2 heterocycles. The summed E-state index contributed by atoms with van der Waals surface area (Å²) in [7, 11) is -2.20. The number of sulfonamides is 1. The molecule has 8 heteroatoms. The first kappa shape index (κ1) is 22.5. The quantitative estimate of drug-likeness (QED) is 0.751. The topological polar surface area (TPSA) is 86.8 Å². The summed E-state index contributed by atoms with van der Waals surface area (Å²) in [6.07, 6.45) is 1.10. The van der Waals surface area contributed by atoms with Crippen molar-refractivity contribution in [3.05, 3.63) is 59.7 Å². The summed E-state index contributed by atoms with van der Waals surface area (Å²) in [5.41, 5.74) is 1.56. The van der Waals surface area contributed by atoms with Gasteiger partial charge in [0.15, 0.2) is 0 Å². The molecule has 2 aromatic rings. The number of hydrogen-bond donors (Lipinski definition) is 1. The Kier molecular flexibility index (Phi) is 5.63. The van der Waals surface area contributed by atoms with Crippen molar-refractivity contribution < 1.29 is 18.0 Å². The first-order valence-corrected chi connectivity index (χ1v) is 12.3. The standard InChI is InChI=1S/C24H29N3O4S/c1-16(17-9-6-5-7-10-17)25-22(28)21-11-8-14-27(21)32(30,31)18-12-13-20-19(15-18)24(2,3)23(29)26(20)4/h5-7,9-10,12-13,15-16,21H,8,11,14H2,1-4H3,(H,25,28). The highest BCUT2D eigenvalue weighted by Crippen LogP contribution is 2.42. The van der Waals surface area contributed by atoms with Gasteiger partial charge in [0.1, 0.15) is 6.04 Å². The molecular formula is C24H29N3O4S. The summed E-state index contributed by atoms with van der Waals surface area (Å²) in [6, 6.07) is 13.4. The summed E-state index contributed by atoms with van der Waals surface area (Å²) in [4.78, 5) is 27.3. The van der Waals surface area contributed by atoms with E-state index in [1.807, 2.05) is 37.3 Å². The molecule has 2 aliphatic heterocycles. The van der Waals surface area contributed by atoms with E-state index >= 15 is 0 Å². The first-order chi connectivity index (χ1) is 15.0. The van der Waals surface area contributed by atoms with E-state index in [-0.39, 0.29) is 22.8 Å². The maximum atomic E-state index is 13.5. The van der Waals surface area contributed by atoms with Crippen molar-refractivity contribution in [2.45, 2.75) is 56.0 Å². The minimum atomic E-state index is -3.90. The average Bonchev–Trinajstić information content (AvgIpc) is 3.34. The van der Waals surface area contributed by atoms with Crippen molar-refractivity contribution in [2.24, 2.45) is 0 Å². The largest absolute Gasteiger partial charge is 0.348 e. The zero-order valence-corrected chi connectivity index (χ0v) is 19.6. The van der Waals surface area contributed by atoms with E-state index in [0.29, 0.717) is 30.6 Å². The van der Waals surface area contributed by atoms with Crippen LogP contribution < -0.4 is 10.2 Å². The Balaban J connectivity index is 1.60. The molecule has 2 aliphatic rings. The maximum Gasteiger partial charge on any atom is 0.243 e. The van der Waals surface area contributed by atoms with Crippen molar-refractivity contribution in [3.8, 4) is 0 Å². The van der Waals surface area contributed by atoms with E-state index in [9.17, 15) is 18.0 Å². The number of carbonyl (C=O) groups is 2. The Hall–Kier alpha value is -2.71. The van der Waals surface area contributed by atoms with Gasteiger partial charge in [-0.1, -0.05) is 30.3 Å². The van der Waals surface area contributed by atoms with Gasteiger partial charge in [0.25, 0.3) is 0 Å². The third-order valence-corrected chi connectivity index (χ3v) is 8.52. The summed E-state index contributed by atoms with van der Waals surface area (Å²) in [6.45, 7) is 5.77. The van der Waals surface area contributed by atoms with Gasteiger partial charge in [0.2, 0.25) is 21.8 Å². The SMILES string of the molecule is CC(NC(=O)C1CCCN1S(=O)(=O)c1ccc2c(c1)C(C)(C)C(=O)N2C)c1ccccc1. The van der Waals surface area contributed by atoms with Crippen LogP contribution in [0.2, 0.25) is 0 Å². The Morgan fingerprint density at radius 3 is 2.53 bits per heavy atom. The molecule has 0 spiro atoms. The molecule has 1 saturated heterocycles. The second kappa shape index (κ2) is 8.01. The minimum Gasteiger partial charge on any atom is -0.348 e. The van der Waals surface area contributed by atoms with Crippen LogP contribution in [0, 0.1) is 0 Å². The van der Waals surface area contributed by atoms with Crippen LogP contribution in [0.1, 0.15) is 50.8 Å². The molecule has 1 fully saturated rings. The monoisotopic (exact) mass is 455 g/mol. The molecule has 4 rings (SSSR count). The fraction of sp³-hybridized carbons (Fsp3) is 0.417. The molecule has 0 aliphatic carbocycles. The van der Waals surface area contributed by atoms with Crippen molar-refractivity contribution in [1.29, 1.82) is 0 Å². The highest BCUT2D eigenvalue weighted by molar-refractivity contribution is 7.89. The van der Waals surface area contributed by atoms with Gasteiger partial charge in [-0.05, 0) is 62.9 Å². The third kappa shape index (κ3) is 3.61. The van der Waals surface area contributed by atoms with Crippen molar-refractivity contribution in [3.63, 3.8) is 0 Å². The molecule has 7 nitrogen and oxygen atoms in total. The van der Waals surface area contributed by atoms with Gasteiger partial charge < -0.3 is 10.2 Å². The van der Waals surface area contributed by atoms with Gasteiger partial charge in [-0.3, -0.25) is 9.59 Å². The van der Waals surface area contributed by atoms with Crippen LogP contribution in [-0.4, -0.2) is 44.2 Å². The third-order valence-electron chi connectivity index (χ3n) is 6.61. The van der Waals surface area contributed by atoms with Crippen LogP contribution in [0.15, 0.2) is 53.4 Å². The first-order valence-electron chi connectivity index (χ1n) is 10.8. The van der Waals surface area contributed by atoms with Gasteiger partial charge in [0.05, 0.1) is 16.4 Å². The number of anilines is 1. The number of hydrogen-bond acceptors (Lipinski definition) is 4. The van der Waals surface area contributed by atoms with Crippen molar-refractivity contribution in [1.82, 2.24) is 9.62 Å². The lowest BCUT2D eigenvalue weighted by atomic mass is 9.86. The van der Waals surface area contributed by atoms with E-state index in [2.05, 4.69) is 5.32 Å². The van der Waals surface area contributed by atoms with Gasteiger partial charge in [-0.15, -0.1) is 0 Å². The normalized spacial score (nSPS) is 21.4. The zero-order valence-electron chi connectivity index (χ0n) is 18.8. The number of nitrogens with one attached hydrogen (secondary N) is 1. The molecule has 170 valence electrons. The van der Waals surface area contributed by atoms with E-state index in [1.165, 1.54) is 10.4 Å². The highest BCUT2D eigenvalue weighted by Gasteiger charge is 2.44. The maximum absolute atomic E-state index is 13.5. The van der Waals surface area contributed by atoms with Crippen LogP contribution in [0.3, 0.4) is 0 Å². The number of fused-ring (bicyclic) bond motifs is 1. The van der Waals surface area contributed by atoms with Crippen molar-refractivity contribution in [2.75, 3.05) is 18.5 Å². The minimum absolute atomic E-state index is 0.0737. The molecule has 0 bridgehead atoms. The average molecular weight is 456 g/mol. The molecule has 1 N–H and O–H groups in total. The molecule has 2 aromatic carbocycles. The van der Waals surface area contributed by atoms with Crippen LogP contribution in [-0.2, 0) is 25.0 Å². The predicted molar refractivity (Wildman–Crippen MR) is 123 cm³/mol. The molecule has 2 amide bonds. The Morgan fingerprint density at radius 2 is 1.84 bits per heavy atom. The Labute approximate surface area is 189 Å². The lowest BCUT2D eigenvalue weighted by Crippen LogP contribution is -2.46. The summed E-state index contributed by atoms with van der Waals surface area (Å²) in [5.74, 6) is -0.366. The lowest BCUT2D eigenvalue weighted by Gasteiger charge is -2.25.